The first-order chi connectivity index (χ1) is 11.6. The minimum absolute atomic E-state index is 0.281. The summed E-state index contributed by atoms with van der Waals surface area (Å²) in [6, 6.07) is 14.2. The summed E-state index contributed by atoms with van der Waals surface area (Å²) >= 11 is 6.00. The molecule has 0 saturated heterocycles. The molecule has 0 fully saturated rings. The molecule has 2 rings (SSSR count). The van der Waals surface area contributed by atoms with Gasteiger partial charge in [0.2, 0.25) is 0 Å². The second kappa shape index (κ2) is 9.27. The highest BCUT2D eigenvalue weighted by Crippen LogP contribution is 2.23. The number of methoxy groups -OCH3 is 1. The predicted molar refractivity (Wildman–Crippen MR) is 94.5 cm³/mol. The van der Waals surface area contributed by atoms with Gasteiger partial charge in [0.15, 0.2) is 0 Å². The largest absolute Gasteiger partial charge is 0.490 e. The molecule has 0 saturated carbocycles. The number of halogens is 1. The van der Waals surface area contributed by atoms with Gasteiger partial charge >= 0.3 is 0 Å². The Hall–Kier alpha value is -2.08. The molecule has 128 valence electrons. The summed E-state index contributed by atoms with van der Waals surface area (Å²) in [5, 5.41) is 3.29. The molecule has 3 N–H and O–H groups in total. The molecule has 1 atom stereocenters. The Kier molecular flexibility index (Phi) is 7.06. The Morgan fingerprint density at radius 2 is 1.96 bits per heavy atom. The predicted octanol–water partition coefficient (Wildman–Crippen LogP) is 2.80. The Labute approximate surface area is 146 Å². The Bertz CT molecular complexity index is 665. The zero-order chi connectivity index (χ0) is 17.4. The number of hydrogen-bond acceptors (Lipinski definition) is 4. The molecule has 1 amide bonds. The average Bonchev–Trinajstić information content (AvgIpc) is 2.61. The molecule has 2 aromatic carbocycles. The third-order valence-electron chi connectivity index (χ3n) is 3.44. The summed E-state index contributed by atoms with van der Waals surface area (Å²) in [6.45, 7) is 1.09. The summed E-state index contributed by atoms with van der Waals surface area (Å²) < 4.78 is 10.5. The molecule has 0 spiro atoms. The molecule has 0 aliphatic carbocycles. The maximum atomic E-state index is 12.4. The van der Waals surface area contributed by atoms with Gasteiger partial charge in [-0.1, -0.05) is 41.9 Å². The summed E-state index contributed by atoms with van der Waals surface area (Å²) in [6.07, 6.45) is 0. The van der Waals surface area contributed by atoms with Crippen molar-refractivity contribution in [2.45, 2.75) is 6.04 Å². The maximum absolute atomic E-state index is 12.4. The maximum Gasteiger partial charge on any atom is 0.255 e. The first kappa shape index (κ1) is 18.3. The molecule has 0 aromatic heterocycles. The van der Waals surface area contributed by atoms with Gasteiger partial charge in [0.05, 0.1) is 12.2 Å². The molecular weight excluding hydrogens is 328 g/mol. The van der Waals surface area contributed by atoms with Crippen molar-refractivity contribution in [2.24, 2.45) is 5.73 Å². The third-order valence-corrected chi connectivity index (χ3v) is 3.68. The summed E-state index contributed by atoms with van der Waals surface area (Å²) in [4.78, 5) is 12.4. The van der Waals surface area contributed by atoms with E-state index < -0.39 is 0 Å². The van der Waals surface area contributed by atoms with E-state index in [1.807, 2.05) is 30.3 Å². The second-order valence-electron chi connectivity index (χ2n) is 5.21. The van der Waals surface area contributed by atoms with Crippen molar-refractivity contribution in [1.29, 1.82) is 0 Å². The van der Waals surface area contributed by atoms with E-state index in [2.05, 4.69) is 5.32 Å². The lowest BCUT2D eigenvalue weighted by molar-refractivity contribution is 0.0943. The molecule has 5 nitrogen and oxygen atoms in total. The van der Waals surface area contributed by atoms with Crippen molar-refractivity contribution in [3.05, 3.63) is 64.7 Å². The fourth-order valence-corrected chi connectivity index (χ4v) is 2.33. The lowest BCUT2D eigenvalue weighted by Crippen LogP contribution is -2.32. The van der Waals surface area contributed by atoms with Crippen molar-refractivity contribution in [3.63, 3.8) is 0 Å². The summed E-state index contributed by atoms with van der Waals surface area (Å²) in [5.74, 6) is 0.179. The Morgan fingerprint density at radius 1 is 1.21 bits per heavy atom. The normalized spacial score (nSPS) is 11.8. The number of carbonyl (C=O) groups is 1. The van der Waals surface area contributed by atoms with E-state index in [-0.39, 0.29) is 11.9 Å². The first-order valence-electron chi connectivity index (χ1n) is 7.62. The van der Waals surface area contributed by atoms with Crippen LogP contribution in [0.4, 0.5) is 0 Å². The summed E-state index contributed by atoms with van der Waals surface area (Å²) in [7, 11) is 1.59. The number of amides is 1. The smallest absolute Gasteiger partial charge is 0.255 e. The molecular formula is C18H21ClN2O3. The van der Waals surface area contributed by atoms with Crippen molar-refractivity contribution in [1.82, 2.24) is 5.32 Å². The van der Waals surface area contributed by atoms with Crippen LogP contribution in [0.1, 0.15) is 22.0 Å². The van der Waals surface area contributed by atoms with Gasteiger partial charge in [-0.15, -0.1) is 0 Å². The van der Waals surface area contributed by atoms with Crippen LogP contribution in [-0.4, -0.2) is 32.8 Å². The average molecular weight is 349 g/mol. The van der Waals surface area contributed by atoms with Crippen LogP contribution in [0.3, 0.4) is 0 Å². The number of benzene rings is 2. The monoisotopic (exact) mass is 348 g/mol. The van der Waals surface area contributed by atoms with E-state index in [4.69, 9.17) is 26.8 Å². The van der Waals surface area contributed by atoms with Crippen LogP contribution < -0.4 is 15.8 Å². The van der Waals surface area contributed by atoms with Crippen LogP contribution in [-0.2, 0) is 4.74 Å². The Morgan fingerprint density at radius 3 is 2.67 bits per heavy atom. The van der Waals surface area contributed by atoms with E-state index in [1.165, 1.54) is 0 Å². The number of carbonyl (C=O) groups excluding carboxylic acids is 1. The molecule has 2 aromatic rings. The summed E-state index contributed by atoms with van der Waals surface area (Å²) in [5.41, 5.74) is 7.43. The Balaban J connectivity index is 2.01. The molecule has 0 bridgehead atoms. The van der Waals surface area contributed by atoms with E-state index in [0.717, 1.165) is 5.56 Å². The van der Waals surface area contributed by atoms with E-state index in [9.17, 15) is 4.79 Å². The van der Waals surface area contributed by atoms with Crippen molar-refractivity contribution >= 4 is 17.5 Å². The zero-order valence-electron chi connectivity index (χ0n) is 13.5. The first-order valence-corrected chi connectivity index (χ1v) is 7.99. The fraction of sp³-hybridized carbons (Fsp3) is 0.278. The lowest BCUT2D eigenvalue weighted by Gasteiger charge is -2.15. The van der Waals surface area contributed by atoms with E-state index >= 15 is 0 Å². The topological polar surface area (TPSA) is 73.6 Å². The van der Waals surface area contributed by atoms with Gasteiger partial charge in [0, 0.05) is 24.7 Å². The molecule has 0 aliphatic rings. The number of hydrogen-bond donors (Lipinski definition) is 2. The SMILES string of the molecule is COCCOc1ccc(Cl)cc1C(=O)NCC(N)c1ccccc1. The third kappa shape index (κ3) is 5.23. The molecule has 1 unspecified atom stereocenters. The second-order valence-corrected chi connectivity index (χ2v) is 5.65. The highest BCUT2D eigenvalue weighted by atomic mass is 35.5. The van der Waals surface area contributed by atoms with Crippen LogP contribution in [0.15, 0.2) is 48.5 Å². The fourth-order valence-electron chi connectivity index (χ4n) is 2.16. The number of nitrogens with two attached hydrogens (primary N) is 1. The van der Waals surface area contributed by atoms with Crippen molar-refractivity contribution in [3.8, 4) is 5.75 Å². The molecule has 6 heteroatoms. The van der Waals surface area contributed by atoms with Gasteiger partial charge in [0.1, 0.15) is 12.4 Å². The van der Waals surface area contributed by atoms with Gasteiger partial charge in [-0.2, -0.15) is 0 Å². The van der Waals surface area contributed by atoms with Gasteiger partial charge in [0.25, 0.3) is 5.91 Å². The number of nitrogens with one attached hydrogen (secondary N) is 1. The van der Waals surface area contributed by atoms with Crippen LogP contribution >= 0.6 is 11.6 Å². The highest BCUT2D eigenvalue weighted by Gasteiger charge is 2.15. The van der Waals surface area contributed by atoms with Gasteiger partial charge in [-0.25, -0.2) is 0 Å². The lowest BCUT2D eigenvalue weighted by atomic mass is 10.1. The van der Waals surface area contributed by atoms with E-state index in [0.29, 0.717) is 36.1 Å². The number of rotatable bonds is 8. The molecule has 0 heterocycles. The van der Waals surface area contributed by atoms with Crippen LogP contribution in [0.25, 0.3) is 0 Å². The van der Waals surface area contributed by atoms with Crippen LogP contribution in [0.2, 0.25) is 5.02 Å². The van der Waals surface area contributed by atoms with Crippen LogP contribution in [0, 0.1) is 0 Å². The zero-order valence-corrected chi connectivity index (χ0v) is 14.3. The molecule has 0 aliphatic heterocycles. The number of ether oxygens (including phenoxy) is 2. The van der Waals surface area contributed by atoms with Gasteiger partial charge < -0.3 is 20.5 Å². The quantitative estimate of drug-likeness (QED) is 0.719. The van der Waals surface area contributed by atoms with Crippen molar-refractivity contribution < 1.29 is 14.3 Å². The minimum Gasteiger partial charge on any atom is -0.490 e. The molecule has 0 radical (unpaired) electrons. The van der Waals surface area contributed by atoms with Crippen molar-refractivity contribution in [2.75, 3.05) is 26.9 Å². The van der Waals surface area contributed by atoms with Gasteiger partial charge in [-0.3, -0.25) is 4.79 Å². The highest BCUT2D eigenvalue weighted by molar-refractivity contribution is 6.31. The van der Waals surface area contributed by atoms with Gasteiger partial charge in [-0.05, 0) is 23.8 Å². The molecule has 24 heavy (non-hydrogen) atoms. The van der Waals surface area contributed by atoms with E-state index in [1.54, 1.807) is 25.3 Å². The minimum atomic E-state index is -0.285. The standard InChI is InChI=1S/C18H21ClN2O3/c1-23-9-10-24-17-8-7-14(19)11-15(17)18(22)21-12-16(20)13-5-3-2-4-6-13/h2-8,11,16H,9-10,12,20H2,1H3,(H,21,22). The van der Waals surface area contributed by atoms with Crippen LogP contribution in [0.5, 0.6) is 5.75 Å².